The van der Waals surface area contributed by atoms with E-state index in [2.05, 4.69) is 12.2 Å². The number of rotatable bonds is 10. The number of nitrogens with one attached hydrogen (secondary N) is 1. The zero-order chi connectivity index (χ0) is 21.2. The average molecular weight is 399 g/mol. The van der Waals surface area contributed by atoms with Crippen molar-refractivity contribution in [1.29, 1.82) is 0 Å². The average Bonchev–Trinajstić information content (AvgIpc) is 2.75. The van der Waals surface area contributed by atoms with Crippen molar-refractivity contribution in [2.45, 2.75) is 39.2 Å². The molecule has 0 saturated heterocycles. The highest BCUT2D eigenvalue weighted by atomic mass is 16.5. The lowest BCUT2D eigenvalue weighted by Crippen LogP contribution is -2.38. The van der Waals surface area contributed by atoms with Crippen LogP contribution in [0.1, 0.15) is 49.0 Å². The highest BCUT2D eigenvalue weighted by Crippen LogP contribution is 2.28. The van der Waals surface area contributed by atoms with Gasteiger partial charge in [-0.1, -0.05) is 37.3 Å². The second-order valence-electron chi connectivity index (χ2n) is 6.61. The van der Waals surface area contributed by atoms with Crippen LogP contribution in [0.2, 0.25) is 0 Å². The van der Waals surface area contributed by atoms with E-state index in [1.807, 2.05) is 37.3 Å². The second-order valence-corrected chi connectivity index (χ2v) is 6.61. The Labute approximate surface area is 172 Å². The largest absolute Gasteiger partial charge is 0.493 e. The van der Waals surface area contributed by atoms with Gasteiger partial charge in [0.15, 0.2) is 17.6 Å². The molecule has 0 aliphatic carbocycles. The second kappa shape index (κ2) is 11.1. The first-order chi connectivity index (χ1) is 14.0. The lowest BCUT2D eigenvalue weighted by molar-refractivity contribution is -0.129. The SMILES string of the molecule is CCOc1ccc(C(=O)O[C@@H](C)C(=O)NC[C@@H](CC)c2ccccc2)cc1OC. The van der Waals surface area contributed by atoms with Crippen LogP contribution in [0.15, 0.2) is 48.5 Å². The van der Waals surface area contributed by atoms with Gasteiger partial charge >= 0.3 is 5.97 Å². The van der Waals surface area contributed by atoms with E-state index in [-0.39, 0.29) is 11.8 Å². The molecule has 0 unspecified atom stereocenters. The highest BCUT2D eigenvalue weighted by Gasteiger charge is 2.21. The summed E-state index contributed by atoms with van der Waals surface area (Å²) in [5, 5.41) is 2.88. The third-order valence-electron chi connectivity index (χ3n) is 4.64. The fourth-order valence-electron chi connectivity index (χ4n) is 2.94. The zero-order valence-electron chi connectivity index (χ0n) is 17.4. The molecule has 0 spiro atoms. The van der Waals surface area contributed by atoms with Crippen LogP contribution < -0.4 is 14.8 Å². The number of ether oxygens (including phenoxy) is 3. The minimum Gasteiger partial charge on any atom is -0.493 e. The maximum atomic E-state index is 12.4. The lowest BCUT2D eigenvalue weighted by Gasteiger charge is -2.19. The Morgan fingerprint density at radius 3 is 2.38 bits per heavy atom. The Hall–Kier alpha value is -3.02. The number of carbonyl (C=O) groups is 2. The number of amides is 1. The summed E-state index contributed by atoms with van der Waals surface area (Å²) in [6.45, 7) is 6.47. The predicted octanol–water partition coefficient (Wildman–Crippen LogP) is 3.95. The highest BCUT2D eigenvalue weighted by molar-refractivity contribution is 5.92. The Kier molecular flexibility index (Phi) is 8.52. The summed E-state index contributed by atoms with van der Waals surface area (Å²) in [7, 11) is 1.50. The molecule has 0 heterocycles. The van der Waals surface area contributed by atoms with E-state index in [9.17, 15) is 9.59 Å². The Bertz CT molecular complexity index is 806. The fraction of sp³-hybridized carbons (Fsp3) is 0.391. The van der Waals surface area contributed by atoms with Crippen LogP contribution in [0.4, 0.5) is 0 Å². The molecule has 156 valence electrons. The van der Waals surface area contributed by atoms with Gasteiger partial charge < -0.3 is 19.5 Å². The minimum atomic E-state index is -0.909. The van der Waals surface area contributed by atoms with Crippen molar-refractivity contribution in [2.75, 3.05) is 20.3 Å². The molecule has 0 aromatic heterocycles. The molecule has 6 nitrogen and oxygen atoms in total. The standard InChI is InChI=1S/C23H29NO5/c1-5-17(18-10-8-7-9-11-18)15-24-22(25)16(3)29-23(26)19-12-13-20(28-6-2)21(14-19)27-4/h7-14,16-17H,5-6,15H2,1-4H3,(H,24,25)/t16-,17+/m0/s1. The molecule has 0 radical (unpaired) electrons. The smallest absolute Gasteiger partial charge is 0.339 e. The predicted molar refractivity (Wildman–Crippen MR) is 112 cm³/mol. The number of carbonyl (C=O) groups excluding carboxylic acids is 2. The van der Waals surface area contributed by atoms with Crippen molar-refractivity contribution in [3.63, 3.8) is 0 Å². The van der Waals surface area contributed by atoms with Gasteiger partial charge in [0.25, 0.3) is 5.91 Å². The summed E-state index contributed by atoms with van der Waals surface area (Å²) < 4.78 is 16.0. The first-order valence-electron chi connectivity index (χ1n) is 9.84. The van der Waals surface area contributed by atoms with Crippen LogP contribution in [0.25, 0.3) is 0 Å². The number of esters is 1. The molecule has 2 rings (SSSR count). The fourth-order valence-corrected chi connectivity index (χ4v) is 2.94. The van der Waals surface area contributed by atoms with E-state index < -0.39 is 12.1 Å². The van der Waals surface area contributed by atoms with E-state index >= 15 is 0 Å². The summed E-state index contributed by atoms with van der Waals surface area (Å²) in [5.41, 5.74) is 1.46. The first-order valence-corrected chi connectivity index (χ1v) is 9.84. The number of benzene rings is 2. The Balaban J connectivity index is 1.94. The molecule has 1 N–H and O–H groups in total. The summed E-state index contributed by atoms with van der Waals surface area (Å²) >= 11 is 0. The minimum absolute atomic E-state index is 0.207. The van der Waals surface area contributed by atoms with E-state index in [0.29, 0.717) is 30.2 Å². The van der Waals surface area contributed by atoms with Crippen LogP contribution in [-0.2, 0) is 9.53 Å². The summed E-state index contributed by atoms with van der Waals surface area (Å²) in [4.78, 5) is 24.8. The third kappa shape index (κ3) is 6.24. The van der Waals surface area contributed by atoms with Gasteiger partial charge in [-0.3, -0.25) is 4.79 Å². The van der Waals surface area contributed by atoms with Crippen molar-refractivity contribution in [3.05, 3.63) is 59.7 Å². The van der Waals surface area contributed by atoms with Gasteiger partial charge in [-0.25, -0.2) is 4.79 Å². The van der Waals surface area contributed by atoms with Crippen LogP contribution >= 0.6 is 0 Å². The monoisotopic (exact) mass is 399 g/mol. The Morgan fingerprint density at radius 1 is 1.03 bits per heavy atom. The van der Waals surface area contributed by atoms with Gasteiger partial charge in [-0.15, -0.1) is 0 Å². The van der Waals surface area contributed by atoms with Crippen LogP contribution in [0.3, 0.4) is 0 Å². The molecule has 0 saturated carbocycles. The summed E-state index contributed by atoms with van der Waals surface area (Å²) in [6, 6.07) is 14.8. The quantitative estimate of drug-likeness (QED) is 0.613. The van der Waals surface area contributed by atoms with Crippen molar-refractivity contribution in [3.8, 4) is 11.5 Å². The molecular formula is C23H29NO5. The molecule has 0 fully saturated rings. The van der Waals surface area contributed by atoms with Gasteiger partial charge in [0.2, 0.25) is 0 Å². The molecule has 2 aromatic rings. The zero-order valence-corrected chi connectivity index (χ0v) is 17.4. The molecule has 2 aromatic carbocycles. The maximum absolute atomic E-state index is 12.4. The lowest BCUT2D eigenvalue weighted by atomic mass is 9.96. The van der Waals surface area contributed by atoms with Gasteiger partial charge in [-0.2, -0.15) is 0 Å². The van der Waals surface area contributed by atoms with Gasteiger partial charge in [0, 0.05) is 12.5 Å². The number of hydrogen-bond donors (Lipinski definition) is 1. The van der Waals surface area contributed by atoms with E-state index in [4.69, 9.17) is 14.2 Å². The van der Waals surface area contributed by atoms with Gasteiger partial charge in [0.1, 0.15) is 0 Å². The van der Waals surface area contributed by atoms with Crippen LogP contribution in [0, 0.1) is 0 Å². The molecule has 2 atom stereocenters. The molecule has 29 heavy (non-hydrogen) atoms. The van der Waals surface area contributed by atoms with Crippen molar-refractivity contribution in [2.24, 2.45) is 0 Å². The number of hydrogen-bond acceptors (Lipinski definition) is 5. The number of methoxy groups -OCH3 is 1. The topological polar surface area (TPSA) is 73.9 Å². The van der Waals surface area contributed by atoms with Crippen molar-refractivity contribution in [1.82, 2.24) is 5.32 Å². The molecule has 0 aliphatic heterocycles. The molecule has 1 amide bonds. The third-order valence-corrected chi connectivity index (χ3v) is 4.64. The van der Waals surface area contributed by atoms with E-state index in [1.165, 1.54) is 12.7 Å². The van der Waals surface area contributed by atoms with Crippen LogP contribution in [0.5, 0.6) is 11.5 Å². The normalized spacial score (nSPS) is 12.6. The summed E-state index contributed by atoms with van der Waals surface area (Å²) in [6.07, 6.45) is -0.0157. The van der Waals surface area contributed by atoms with Crippen molar-refractivity contribution < 1.29 is 23.8 Å². The first kappa shape index (κ1) is 22.3. The van der Waals surface area contributed by atoms with Crippen LogP contribution in [-0.4, -0.2) is 38.2 Å². The molecule has 6 heteroatoms. The molecular weight excluding hydrogens is 370 g/mol. The van der Waals surface area contributed by atoms with Gasteiger partial charge in [-0.05, 0) is 44.0 Å². The molecule has 0 bridgehead atoms. The maximum Gasteiger partial charge on any atom is 0.339 e. The van der Waals surface area contributed by atoms with Crippen molar-refractivity contribution >= 4 is 11.9 Å². The van der Waals surface area contributed by atoms with Gasteiger partial charge in [0.05, 0.1) is 19.3 Å². The Morgan fingerprint density at radius 2 is 1.76 bits per heavy atom. The van der Waals surface area contributed by atoms with E-state index in [0.717, 1.165) is 6.42 Å². The van der Waals surface area contributed by atoms with E-state index in [1.54, 1.807) is 25.1 Å². The molecule has 0 aliphatic rings. The summed E-state index contributed by atoms with van der Waals surface area (Å²) in [5.74, 6) is 0.268.